The van der Waals surface area contributed by atoms with Gasteiger partial charge in [-0.2, -0.15) is 13.2 Å². The van der Waals surface area contributed by atoms with Gasteiger partial charge in [-0.15, -0.1) is 0 Å². The number of esters is 1. The molecular formula is C26H28F3N3O5. The summed E-state index contributed by atoms with van der Waals surface area (Å²) in [5, 5.41) is 2.27. The average Bonchev–Trinajstić information content (AvgIpc) is 3.43. The first-order valence-electron chi connectivity index (χ1n) is 11.6. The number of Topliss-reactive ketones (excluding diaryl/α,β-unsaturated/α-hetero) is 1. The van der Waals surface area contributed by atoms with Gasteiger partial charge in [0.25, 0.3) is 0 Å². The molecule has 0 atom stereocenters. The molecule has 1 aromatic carbocycles. The Kier molecular flexibility index (Phi) is 8.46. The van der Waals surface area contributed by atoms with Gasteiger partial charge in [-0.1, -0.05) is 12.1 Å². The summed E-state index contributed by atoms with van der Waals surface area (Å²) in [6.45, 7) is 6.71. The highest BCUT2D eigenvalue weighted by Crippen LogP contribution is 2.34. The molecule has 0 aliphatic rings. The number of hydrogen-bond donors (Lipinski definition) is 1. The number of amides is 2. The molecule has 0 aliphatic heterocycles. The van der Waals surface area contributed by atoms with Crippen molar-refractivity contribution in [2.45, 2.75) is 47.0 Å². The van der Waals surface area contributed by atoms with Gasteiger partial charge in [0.1, 0.15) is 11.5 Å². The van der Waals surface area contributed by atoms with Gasteiger partial charge >= 0.3 is 18.2 Å². The van der Waals surface area contributed by atoms with Crippen LogP contribution in [0.25, 0.3) is 0 Å². The first kappa shape index (κ1) is 27.6. The van der Waals surface area contributed by atoms with Crippen LogP contribution in [0.2, 0.25) is 0 Å². The predicted octanol–water partition coefficient (Wildman–Crippen LogP) is 5.83. The van der Waals surface area contributed by atoms with Crippen LogP contribution in [0.1, 0.15) is 57.3 Å². The summed E-state index contributed by atoms with van der Waals surface area (Å²) in [5.74, 6) is -0.727. The molecule has 2 amide bonds. The quantitative estimate of drug-likeness (QED) is 0.284. The second kappa shape index (κ2) is 11.4. The lowest BCUT2D eigenvalue weighted by atomic mass is 10.1. The number of benzene rings is 1. The van der Waals surface area contributed by atoms with E-state index >= 15 is 0 Å². The maximum Gasteiger partial charge on any atom is 0.418 e. The number of nitrogens with one attached hydrogen (secondary N) is 1. The first-order valence-corrected chi connectivity index (χ1v) is 11.6. The summed E-state index contributed by atoms with van der Waals surface area (Å²) in [6.07, 6.45) is -3.31. The molecule has 1 N–H and O–H groups in total. The van der Waals surface area contributed by atoms with Crippen LogP contribution in [0.15, 0.2) is 47.1 Å². The molecule has 11 heteroatoms. The molecule has 2 aromatic heterocycles. The molecule has 3 aromatic rings. The highest BCUT2D eigenvalue weighted by atomic mass is 19.4. The Labute approximate surface area is 212 Å². The van der Waals surface area contributed by atoms with Crippen LogP contribution in [0.3, 0.4) is 0 Å². The Balaban J connectivity index is 1.95. The van der Waals surface area contributed by atoms with E-state index in [0.29, 0.717) is 23.6 Å². The lowest BCUT2D eigenvalue weighted by Crippen LogP contribution is -2.39. The Morgan fingerprint density at radius 2 is 1.78 bits per heavy atom. The SMILES string of the molecule is CCOC(=O)c1c(C)c(C(=O)CN(Cc2ccco2)C(=O)Nc2ccccc2C(F)(F)F)c(C)n1CC. The van der Waals surface area contributed by atoms with Crippen molar-refractivity contribution in [3.05, 3.63) is 76.5 Å². The first-order chi connectivity index (χ1) is 17.5. The zero-order chi connectivity index (χ0) is 27.3. The standard InChI is InChI=1S/C26H28F3N3O5/c1-5-32-17(4)22(16(3)23(32)24(34)36-6-2)21(33)15-31(14-18-10-9-13-37-18)25(35)30-20-12-8-7-11-19(20)26(27,28)29/h7-13H,5-6,14-15H2,1-4H3,(H,30,35). The third-order valence-corrected chi connectivity index (χ3v) is 5.85. The van der Waals surface area contributed by atoms with Gasteiger partial charge in [0, 0.05) is 17.8 Å². The van der Waals surface area contributed by atoms with Gasteiger partial charge < -0.3 is 23.9 Å². The zero-order valence-corrected chi connectivity index (χ0v) is 20.9. The minimum absolute atomic E-state index is 0.159. The van der Waals surface area contributed by atoms with Crippen molar-refractivity contribution in [2.75, 3.05) is 18.5 Å². The average molecular weight is 520 g/mol. The molecule has 2 heterocycles. The smallest absolute Gasteiger partial charge is 0.418 e. The normalized spacial score (nSPS) is 11.3. The van der Waals surface area contributed by atoms with Crippen molar-refractivity contribution in [1.82, 2.24) is 9.47 Å². The molecule has 0 fully saturated rings. The largest absolute Gasteiger partial charge is 0.467 e. The number of urea groups is 1. The van der Waals surface area contributed by atoms with Gasteiger partial charge in [0.05, 0.1) is 37.2 Å². The fourth-order valence-electron chi connectivity index (χ4n) is 4.24. The Bertz CT molecular complexity index is 1280. The Morgan fingerprint density at radius 1 is 1.08 bits per heavy atom. The molecule has 0 saturated heterocycles. The molecule has 0 bridgehead atoms. The third kappa shape index (κ3) is 6.04. The van der Waals surface area contributed by atoms with E-state index in [1.165, 1.54) is 18.4 Å². The number of nitrogens with zero attached hydrogens (tertiary/aromatic N) is 2. The molecule has 0 saturated carbocycles. The maximum atomic E-state index is 13.5. The fraction of sp³-hybridized carbons (Fsp3) is 0.346. The van der Waals surface area contributed by atoms with E-state index in [0.717, 1.165) is 17.0 Å². The predicted molar refractivity (Wildman–Crippen MR) is 129 cm³/mol. The van der Waals surface area contributed by atoms with E-state index in [-0.39, 0.29) is 24.4 Å². The number of halogens is 3. The number of alkyl halides is 3. The summed E-state index contributed by atoms with van der Waals surface area (Å²) >= 11 is 0. The van der Waals surface area contributed by atoms with Crippen LogP contribution in [-0.4, -0.2) is 40.4 Å². The Hall–Kier alpha value is -4.02. The van der Waals surface area contributed by atoms with Crippen molar-refractivity contribution < 1.29 is 36.7 Å². The number of ether oxygens (including phenoxy) is 1. The maximum absolute atomic E-state index is 13.5. The summed E-state index contributed by atoms with van der Waals surface area (Å²) in [6, 6.07) is 6.82. The zero-order valence-electron chi connectivity index (χ0n) is 20.9. The van der Waals surface area contributed by atoms with E-state index in [9.17, 15) is 27.6 Å². The van der Waals surface area contributed by atoms with Gasteiger partial charge in [0.2, 0.25) is 0 Å². The van der Waals surface area contributed by atoms with Gasteiger partial charge in [-0.3, -0.25) is 4.79 Å². The lowest BCUT2D eigenvalue weighted by Gasteiger charge is -2.23. The summed E-state index contributed by atoms with van der Waals surface area (Å²) < 4.78 is 52.4. The molecule has 0 unspecified atom stereocenters. The van der Waals surface area contributed by atoms with Crippen LogP contribution in [-0.2, 0) is 24.0 Å². The number of hydrogen-bond acceptors (Lipinski definition) is 5. The van der Waals surface area contributed by atoms with Crippen LogP contribution >= 0.6 is 0 Å². The lowest BCUT2D eigenvalue weighted by molar-refractivity contribution is -0.136. The topological polar surface area (TPSA) is 93.8 Å². The minimum Gasteiger partial charge on any atom is -0.467 e. The molecule has 0 radical (unpaired) electrons. The van der Waals surface area contributed by atoms with Crippen LogP contribution in [0.4, 0.5) is 23.7 Å². The highest BCUT2D eigenvalue weighted by Gasteiger charge is 2.34. The number of furan rings is 1. The number of carbonyl (C=O) groups is 3. The van der Waals surface area contributed by atoms with Crippen molar-refractivity contribution in [3.8, 4) is 0 Å². The Morgan fingerprint density at radius 3 is 2.38 bits per heavy atom. The molecular weight excluding hydrogens is 491 g/mol. The molecule has 0 aliphatic carbocycles. The number of anilines is 1. The van der Waals surface area contributed by atoms with Gasteiger partial charge in [-0.25, -0.2) is 9.59 Å². The summed E-state index contributed by atoms with van der Waals surface area (Å²) in [5.41, 5.74) is -0.0361. The van der Waals surface area contributed by atoms with Crippen LogP contribution < -0.4 is 5.32 Å². The van der Waals surface area contributed by atoms with Gasteiger partial charge in [0.15, 0.2) is 5.78 Å². The van der Waals surface area contributed by atoms with E-state index in [1.54, 1.807) is 37.5 Å². The van der Waals surface area contributed by atoms with Crippen LogP contribution in [0.5, 0.6) is 0 Å². The molecule has 3 rings (SSSR count). The van der Waals surface area contributed by atoms with E-state index < -0.39 is 41.8 Å². The van der Waals surface area contributed by atoms with E-state index in [4.69, 9.17) is 9.15 Å². The number of rotatable bonds is 9. The number of carbonyl (C=O) groups excluding carboxylic acids is 3. The van der Waals surface area contributed by atoms with E-state index in [2.05, 4.69) is 5.32 Å². The minimum atomic E-state index is -4.69. The molecule has 8 nitrogen and oxygen atoms in total. The van der Waals surface area contributed by atoms with Crippen molar-refractivity contribution in [2.24, 2.45) is 0 Å². The monoisotopic (exact) mass is 519 g/mol. The number of aromatic nitrogens is 1. The number of para-hydroxylation sites is 1. The second-order valence-electron chi connectivity index (χ2n) is 8.23. The van der Waals surface area contributed by atoms with Crippen molar-refractivity contribution in [3.63, 3.8) is 0 Å². The number of ketones is 1. The van der Waals surface area contributed by atoms with Crippen molar-refractivity contribution >= 4 is 23.5 Å². The molecule has 198 valence electrons. The van der Waals surface area contributed by atoms with Gasteiger partial charge in [-0.05, 0) is 57.5 Å². The summed E-state index contributed by atoms with van der Waals surface area (Å²) in [4.78, 5) is 40.2. The highest BCUT2D eigenvalue weighted by molar-refractivity contribution is 6.05. The third-order valence-electron chi connectivity index (χ3n) is 5.85. The second-order valence-corrected chi connectivity index (χ2v) is 8.23. The van der Waals surface area contributed by atoms with Crippen LogP contribution in [0, 0.1) is 13.8 Å². The van der Waals surface area contributed by atoms with E-state index in [1.807, 2.05) is 6.92 Å². The summed E-state index contributed by atoms with van der Waals surface area (Å²) in [7, 11) is 0. The molecule has 0 spiro atoms. The fourth-order valence-corrected chi connectivity index (χ4v) is 4.24. The van der Waals surface area contributed by atoms with Crippen molar-refractivity contribution in [1.29, 1.82) is 0 Å². The molecule has 37 heavy (non-hydrogen) atoms.